The molecule has 2 rings (SSSR count). The van der Waals surface area contributed by atoms with Crippen molar-refractivity contribution < 1.29 is 9.59 Å². The number of halogens is 1. The van der Waals surface area contributed by atoms with Crippen LogP contribution >= 0.6 is 11.6 Å². The molecule has 0 aliphatic heterocycles. The second kappa shape index (κ2) is 8.34. The van der Waals surface area contributed by atoms with Crippen molar-refractivity contribution >= 4 is 29.6 Å². The summed E-state index contributed by atoms with van der Waals surface area (Å²) in [5.41, 5.74) is 8.01. The van der Waals surface area contributed by atoms with E-state index in [-0.39, 0.29) is 0 Å². The highest BCUT2D eigenvalue weighted by atomic mass is 35.5. The number of carbonyl (C=O) groups excluding carboxylic acids is 2. The molecule has 132 valence electrons. The molecule has 3 amide bonds. The molecule has 0 fully saturated rings. The van der Waals surface area contributed by atoms with Crippen LogP contribution in [0.15, 0.2) is 30.3 Å². The molecule has 0 unspecified atom stereocenters. The van der Waals surface area contributed by atoms with Gasteiger partial charge in [0.05, 0.1) is 12.2 Å². The van der Waals surface area contributed by atoms with Gasteiger partial charge in [0.15, 0.2) is 0 Å². The van der Waals surface area contributed by atoms with Crippen molar-refractivity contribution in [3.8, 4) is 0 Å². The molecule has 0 saturated heterocycles. The summed E-state index contributed by atoms with van der Waals surface area (Å²) in [5.74, 6) is -0.443. The van der Waals surface area contributed by atoms with E-state index in [1.165, 1.54) is 13.1 Å². The summed E-state index contributed by atoms with van der Waals surface area (Å²) in [4.78, 5) is 22.7. The van der Waals surface area contributed by atoms with Crippen molar-refractivity contribution in [3.63, 3.8) is 0 Å². The Morgan fingerprint density at radius 2 is 1.96 bits per heavy atom. The monoisotopic (exact) mass is 361 g/mol. The van der Waals surface area contributed by atoms with Crippen LogP contribution in [0.3, 0.4) is 0 Å². The number of hydrogen-bond donors (Lipinski definition) is 3. The molecule has 2 aromatic rings. The van der Waals surface area contributed by atoms with E-state index >= 15 is 0 Å². The van der Waals surface area contributed by atoms with E-state index in [1.807, 2.05) is 42.8 Å². The molecule has 3 N–H and O–H groups in total. The molecular weight excluding hydrogens is 342 g/mol. The minimum atomic E-state index is -0.498. The van der Waals surface area contributed by atoms with Gasteiger partial charge >= 0.3 is 6.03 Å². The zero-order chi connectivity index (χ0) is 18.4. The quantitative estimate of drug-likeness (QED) is 0.576. The Bertz CT molecular complexity index is 813. The maximum Gasteiger partial charge on any atom is 0.333 e. The largest absolute Gasteiger partial charge is 0.340 e. The molecule has 0 aliphatic rings. The molecule has 1 aromatic carbocycles. The van der Waals surface area contributed by atoms with Crippen LogP contribution in [-0.4, -0.2) is 28.8 Å². The van der Waals surface area contributed by atoms with Crippen molar-refractivity contribution in [2.45, 2.75) is 20.4 Å². The fourth-order valence-corrected chi connectivity index (χ4v) is 2.47. The van der Waals surface area contributed by atoms with Gasteiger partial charge in [-0.05, 0) is 31.6 Å². The van der Waals surface area contributed by atoms with Gasteiger partial charge in [0, 0.05) is 29.4 Å². The van der Waals surface area contributed by atoms with Crippen LogP contribution < -0.4 is 16.2 Å². The number of hydrogen-bond acceptors (Lipinski definition) is 3. The van der Waals surface area contributed by atoms with Crippen molar-refractivity contribution in [2.75, 3.05) is 7.05 Å². The number of carbonyl (C=O) groups is 2. The van der Waals surface area contributed by atoms with E-state index in [0.29, 0.717) is 11.6 Å². The lowest BCUT2D eigenvalue weighted by Gasteiger charge is -2.06. The minimum Gasteiger partial charge on any atom is -0.340 e. The van der Waals surface area contributed by atoms with E-state index in [4.69, 9.17) is 11.6 Å². The Hall–Kier alpha value is -2.80. The van der Waals surface area contributed by atoms with Gasteiger partial charge in [0.2, 0.25) is 0 Å². The summed E-state index contributed by atoms with van der Waals surface area (Å²) in [6, 6.07) is 7.10. The first-order valence-corrected chi connectivity index (χ1v) is 8.03. The number of nitrogens with one attached hydrogen (secondary N) is 3. The summed E-state index contributed by atoms with van der Waals surface area (Å²) in [6.07, 6.45) is 3.01. The lowest BCUT2D eigenvalue weighted by molar-refractivity contribution is -0.117. The molecule has 1 aromatic heterocycles. The molecule has 0 atom stereocenters. The van der Waals surface area contributed by atoms with Crippen LogP contribution in [0.5, 0.6) is 0 Å². The van der Waals surface area contributed by atoms with Crippen LogP contribution in [0.4, 0.5) is 4.79 Å². The molecule has 0 aliphatic carbocycles. The highest BCUT2D eigenvalue weighted by molar-refractivity contribution is 6.31. The van der Waals surface area contributed by atoms with Gasteiger partial charge in [0.1, 0.15) is 0 Å². The maximum atomic E-state index is 11.7. The number of rotatable bonds is 4. The van der Waals surface area contributed by atoms with E-state index in [9.17, 15) is 9.59 Å². The first kappa shape index (κ1) is 18.5. The Morgan fingerprint density at radius 3 is 2.64 bits per heavy atom. The summed E-state index contributed by atoms with van der Waals surface area (Å²) in [5, 5.41) is 7.52. The number of aromatic nitrogens is 2. The van der Waals surface area contributed by atoms with Crippen LogP contribution in [0, 0.1) is 13.8 Å². The predicted molar refractivity (Wildman–Crippen MR) is 97.0 cm³/mol. The molecule has 0 spiro atoms. The zero-order valence-corrected chi connectivity index (χ0v) is 15.0. The number of nitrogens with zero attached hydrogens (tertiary/aromatic N) is 2. The average Bonchev–Trinajstić information content (AvgIpc) is 2.86. The highest BCUT2D eigenvalue weighted by Crippen LogP contribution is 2.20. The van der Waals surface area contributed by atoms with Gasteiger partial charge in [-0.15, -0.1) is 0 Å². The Morgan fingerprint density at radius 1 is 1.24 bits per heavy atom. The number of hydrazine groups is 1. The lowest BCUT2D eigenvalue weighted by atomic mass is 10.1. The number of benzene rings is 1. The van der Waals surface area contributed by atoms with E-state index in [1.54, 1.807) is 6.08 Å². The smallest absolute Gasteiger partial charge is 0.333 e. The third-order valence-electron chi connectivity index (χ3n) is 3.64. The van der Waals surface area contributed by atoms with Crippen LogP contribution in [-0.2, 0) is 11.3 Å². The Balaban J connectivity index is 2.11. The third kappa shape index (κ3) is 4.84. The Labute approximate surface area is 151 Å². The van der Waals surface area contributed by atoms with Crippen LogP contribution in [0.1, 0.15) is 22.5 Å². The molecule has 0 saturated carbocycles. The SMILES string of the molecule is CNC(=O)NNC(=O)C=Cc1c(C)nn(Cc2ccccc2Cl)c1C. The summed E-state index contributed by atoms with van der Waals surface area (Å²) < 4.78 is 1.84. The third-order valence-corrected chi connectivity index (χ3v) is 4.01. The second-order valence-corrected chi connectivity index (χ2v) is 5.77. The van der Waals surface area contributed by atoms with E-state index in [2.05, 4.69) is 21.3 Å². The fraction of sp³-hybridized carbons (Fsp3) is 0.235. The van der Waals surface area contributed by atoms with Crippen LogP contribution in [0.25, 0.3) is 6.08 Å². The molecule has 0 radical (unpaired) electrons. The van der Waals surface area contributed by atoms with E-state index in [0.717, 1.165) is 22.5 Å². The highest BCUT2D eigenvalue weighted by Gasteiger charge is 2.11. The summed E-state index contributed by atoms with van der Waals surface area (Å²) in [7, 11) is 1.46. The van der Waals surface area contributed by atoms with Gasteiger partial charge in [-0.2, -0.15) is 5.10 Å². The van der Waals surface area contributed by atoms with Crippen molar-refractivity contribution in [1.29, 1.82) is 0 Å². The first-order valence-electron chi connectivity index (χ1n) is 7.65. The van der Waals surface area contributed by atoms with Crippen molar-refractivity contribution in [1.82, 2.24) is 25.9 Å². The molecule has 8 heteroatoms. The van der Waals surface area contributed by atoms with Crippen molar-refractivity contribution in [2.24, 2.45) is 0 Å². The number of amides is 3. The van der Waals surface area contributed by atoms with Gasteiger partial charge in [0.25, 0.3) is 5.91 Å². The molecule has 1 heterocycles. The van der Waals surface area contributed by atoms with Gasteiger partial charge in [-0.25, -0.2) is 10.2 Å². The second-order valence-electron chi connectivity index (χ2n) is 5.36. The van der Waals surface area contributed by atoms with Gasteiger partial charge < -0.3 is 5.32 Å². The molecule has 25 heavy (non-hydrogen) atoms. The fourth-order valence-electron chi connectivity index (χ4n) is 2.28. The number of aryl methyl sites for hydroxylation is 1. The minimum absolute atomic E-state index is 0.443. The number of urea groups is 1. The predicted octanol–water partition coefficient (Wildman–Crippen LogP) is 2.18. The van der Waals surface area contributed by atoms with Crippen molar-refractivity contribution in [3.05, 3.63) is 57.9 Å². The Kier molecular flexibility index (Phi) is 6.19. The maximum absolute atomic E-state index is 11.7. The van der Waals surface area contributed by atoms with Gasteiger partial charge in [-0.3, -0.25) is 14.9 Å². The first-order chi connectivity index (χ1) is 11.9. The standard InChI is InChI=1S/C17H20ClN5O2/c1-11-14(8-9-16(24)20-21-17(25)19-3)12(2)23(22-11)10-13-6-4-5-7-15(13)18/h4-9H,10H2,1-3H3,(H,20,24)(H2,19,21,25). The lowest BCUT2D eigenvalue weighted by Crippen LogP contribution is -2.45. The molecular formula is C17H20ClN5O2. The molecule has 7 nitrogen and oxygen atoms in total. The summed E-state index contributed by atoms with van der Waals surface area (Å²) in [6.45, 7) is 4.35. The topological polar surface area (TPSA) is 88.1 Å². The van der Waals surface area contributed by atoms with Gasteiger partial charge in [-0.1, -0.05) is 29.8 Å². The normalized spacial score (nSPS) is 10.7. The molecule has 0 bridgehead atoms. The zero-order valence-electron chi connectivity index (χ0n) is 14.3. The summed E-state index contributed by atoms with van der Waals surface area (Å²) >= 11 is 6.20. The average molecular weight is 362 g/mol. The van der Waals surface area contributed by atoms with Crippen LogP contribution in [0.2, 0.25) is 5.02 Å². The van der Waals surface area contributed by atoms with E-state index < -0.39 is 11.9 Å².